The van der Waals surface area contributed by atoms with Gasteiger partial charge in [0, 0.05) is 25.9 Å². The number of likely N-dealkylation sites (tertiary alicyclic amines) is 1. The van der Waals surface area contributed by atoms with E-state index in [9.17, 15) is 14.4 Å². The number of carbonyl (C=O) groups excluding carboxylic acids is 3. The predicted molar refractivity (Wildman–Crippen MR) is 91.2 cm³/mol. The zero-order valence-electron chi connectivity index (χ0n) is 14.5. The molecular weight excluding hydrogens is 322 g/mol. The first-order valence-electron chi connectivity index (χ1n) is 8.56. The molecule has 7 nitrogen and oxygen atoms in total. The molecule has 0 spiro atoms. The maximum Gasteiger partial charge on any atom is 0.322 e. The van der Waals surface area contributed by atoms with E-state index in [0.29, 0.717) is 13.1 Å². The van der Waals surface area contributed by atoms with Crippen LogP contribution in [-0.2, 0) is 9.59 Å². The van der Waals surface area contributed by atoms with Crippen molar-refractivity contribution < 1.29 is 19.1 Å². The predicted octanol–water partition coefficient (Wildman–Crippen LogP) is 1.27. The molecule has 134 valence electrons. The van der Waals surface area contributed by atoms with Crippen LogP contribution in [0.3, 0.4) is 0 Å². The Morgan fingerprint density at radius 3 is 2.40 bits per heavy atom. The number of nitrogens with zero attached hydrogens (tertiary/aromatic N) is 1. The van der Waals surface area contributed by atoms with E-state index in [1.165, 1.54) is 0 Å². The van der Waals surface area contributed by atoms with Crippen LogP contribution in [0, 0.1) is 13.8 Å². The van der Waals surface area contributed by atoms with Crippen LogP contribution in [0.4, 0.5) is 4.79 Å². The number of hydrogen-bond donors (Lipinski definition) is 2. The van der Waals surface area contributed by atoms with Crippen molar-refractivity contribution in [1.29, 1.82) is 0 Å². The number of amides is 4. The Morgan fingerprint density at radius 2 is 1.84 bits per heavy atom. The molecule has 0 unspecified atom stereocenters. The van der Waals surface area contributed by atoms with E-state index in [-0.39, 0.29) is 18.4 Å². The van der Waals surface area contributed by atoms with Gasteiger partial charge in [0.05, 0.1) is 6.42 Å². The van der Waals surface area contributed by atoms with E-state index >= 15 is 0 Å². The van der Waals surface area contributed by atoms with Crippen LogP contribution in [0.5, 0.6) is 5.75 Å². The molecule has 25 heavy (non-hydrogen) atoms. The van der Waals surface area contributed by atoms with Crippen molar-refractivity contribution in [2.75, 3.05) is 13.1 Å². The Bertz CT molecular complexity index is 675. The quantitative estimate of drug-likeness (QED) is 0.805. The zero-order chi connectivity index (χ0) is 18.0. The summed E-state index contributed by atoms with van der Waals surface area (Å²) < 4.78 is 6.15. The first-order valence-corrected chi connectivity index (χ1v) is 8.56. The van der Waals surface area contributed by atoms with Crippen LogP contribution in [0.15, 0.2) is 18.2 Å². The van der Waals surface area contributed by atoms with Crippen molar-refractivity contribution in [2.24, 2.45) is 0 Å². The van der Waals surface area contributed by atoms with Crippen molar-refractivity contribution in [3.8, 4) is 5.75 Å². The first-order chi connectivity index (χ1) is 11.9. The lowest BCUT2D eigenvalue weighted by atomic mass is 10.1. The average molecular weight is 345 g/mol. The number of rotatable bonds is 4. The molecule has 1 aromatic carbocycles. The zero-order valence-corrected chi connectivity index (χ0v) is 14.5. The highest BCUT2D eigenvalue weighted by Crippen LogP contribution is 2.26. The first kappa shape index (κ1) is 17.3. The third kappa shape index (κ3) is 3.92. The summed E-state index contributed by atoms with van der Waals surface area (Å²) in [5, 5.41) is 4.60. The third-order valence-corrected chi connectivity index (χ3v) is 4.73. The second-order valence-corrected chi connectivity index (χ2v) is 6.64. The number of hydrogen-bond acceptors (Lipinski definition) is 4. The fraction of sp³-hybridized carbons (Fsp3) is 0.500. The van der Waals surface area contributed by atoms with Gasteiger partial charge < -0.3 is 15.0 Å². The molecule has 0 saturated carbocycles. The van der Waals surface area contributed by atoms with Crippen molar-refractivity contribution in [1.82, 2.24) is 15.5 Å². The van der Waals surface area contributed by atoms with E-state index in [2.05, 4.69) is 10.6 Å². The van der Waals surface area contributed by atoms with Crippen LogP contribution in [0.25, 0.3) is 0 Å². The molecule has 2 aliphatic rings. The van der Waals surface area contributed by atoms with Gasteiger partial charge >= 0.3 is 6.03 Å². The number of nitrogens with one attached hydrogen (secondary N) is 2. The highest BCUT2D eigenvalue weighted by molar-refractivity contribution is 6.05. The van der Waals surface area contributed by atoms with Gasteiger partial charge in [-0.25, -0.2) is 4.79 Å². The second-order valence-electron chi connectivity index (χ2n) is 6.64. The molecule has 2 aliphatic heterocycles. The standard InChI is InChI=1S/C18H23N3O4/c1-11-4-3-5-12(2)16(11)25-13-6-8-21(9-7-13)15(22)10-14-17(23)20-18(24)19-14/h3-5,13-14H,6-10H2,1-2H3,(H2,19,20,23,24)/t14-/m1/s1. The summed E-state index contributed by atoms with van der Waals surface area (Å²) in [6.07, 6.45) is 1.59. The van der Waals surface area contributed by atoms with Crippen LogP contribution in [0.2, 0.25) is 0 Å². The topological polar surface area (TPSA) is 87.7 Å². The molecule has 1 aromatic rings. The van der Waals surface area contributed by atoms with Gasteiger partial charge in [-0.3, -0.25) is 14.9 Å². The number of aryl methyl sites for hydroxylation is 2. The molecule has 2 fully saturated rings. The normalized spacial score (nSPS) is 21.0. The number of piperidine rings is 1. The molecule has 7 heteroatoms. The van der Waals surface area contributed by atoms with Gasteiger partial charge in [-0.1, -0.05) is 18.2 Å². The van der Waals surface area contributed by atoms with Crippen molar-refractivity contribution in [3.05, 3.63) is 29.3 Å². The molecule has 0 aliphatic carbocycles. The number of para-hydroxylation sites is 1. The largest absolute Gasteiger partial charge is 0.490 e. The highest BCUT2D eigenvalue weighted by Gasteiger charge is 2.33. The molecule has 2 heterocycles. The maximum atomic E-state index is 12.3. The van der Waals surface area contributed by atoms with E-state index in [0.717, 1.165) is 29.7 Å². The Kier molecular flexibility index (Phi) is 4.92. The Labute approximate surface area is 146 Å². The van der Waals surface area contributed by atoms with Gasteiger partial charge in [0.2, 0.25) is 5.91 Å². The molecule has 4 amide bonds. The minimum Gasteiger partial charge on any atom is -0.490 e. The van der Waals surface area contributed by atoms with E-state index < -0.39 is 18.0 Å². The van der Waals surface area contributed by atoms with Gasteiger partial charge in [-0.2, -0.15) is 0 Å². The number of urea groups is 1. The number of imide groups is 1. The Morgan fingerprint density at radius 1 is 1.20 bits per heavy atom. The molecule has 3 rings (SSSR count). The summed E-state index contributed by atoms with van der Waals surface area (Å²) in [4.78, 5) is 36.7. The molecule has 0 aromatic heterocycles. The average Bonchev–Trinajstić information content (AvgIpc) is 2.89. The summed E-state index contributed by atoms with van der Waals surface area (Å²) in [7, 11) is 0. The highest BCUT2D eigenvalue weighted by atomic mass is 16.5. The molecule has 0 bridgehead atoms. The fourth-order valence-electron chi connectivity index (χ4n) is 3.28. The third-order valence-electron chi connectivity index (χ3n) is 4.73. The van der Waals surface area contributed by atoms with Crippen molar-refractivity contribution in [3.63, 3.8) is 0 Å². The summed E-state index contributed by atoms with van der Waals surface area (Å²) in [5.74, 6) is 0.372. The number of carbonyl (C=O) groups is 3. The number of benzene rings is 1. The summed E-state index contributed by atoms with van der Waals surface area (Å²) in [6, 6.07) is 4.77. The SMILES string of the molecule is Cc1cccc(C)c1OC1CCN(C(=O)C[C@H]2NC(=O)NC2=O)CC1. The van der Waals surface area contributed by atoms with E-state index in [4.69, 9.17) is 4.74 Å². The van der Waals surface area contributed by atoms with Crippen LogP contribution in [0.1, 0.15) is 30.4 Å². The molecule has 2 N–H and O–H groups in total. The van der Waals surface area contributed by atoms with Gasteiger partial charge in [-0.15, -0.1) is 0 Å². The Hall–Kier alpha value is -2.57. The van der Waals surface area contributed by atoms with E-state index in [1.807, 2.05) is 32.0 Å². The number of ether oxygens (including phenoxy) is 1. The summed E-state index contributed by atoms with van der Waals surface area (Å²) in [5.41, 5.74) is 2.22. The lowest BCUT2D eigenvalue weighted by molar-refractivity contribution is -0.135. The molecule has 2 saturated heterocycles. The second kappa shape index (κ2) is 7.13. The lowest BCUT2D eigenvalue weighted by Gasteiger charge is -2.33. The van der Waals surface area contributed by atoms with E-state index in [1.54, 1.807) is 4.90 Å². The smallest absolute Gasteiger partial charge is 0.322 e. The summed E-state index contributed by atoms with van der Waals surface area (Å²) >= 11 is 0. The molecule has 1 atom stereocenters. The van der Waals surface area contributed by atoms with Gasteiger partial charge in [-0.05, 0) is 25.0 Å². The van der Waals surface area contributed by atoms with Gasteiger partial charge in [0.15, 0.2) is 0 Å². The van der Waals surface area contributed by atoms with Crippen molar-refractivity contribution in [2.45, 2.75) is 45.3 Å². The van der Waals surface area contributed by atoms with Crippen LogP contribution in [-0.4, -0.2) is 48.0 Å². The summed E-state index contributed by atoms with van der Waals surface area (Å²) in [6.45, 7) is 5.25. The monoisotopic (exact) mass is 345 g/mol. The van der Waals surface area contributed by atoms with Crippen LogP contribution >= 0.6 is 0 Å². The van der Waals surface area contributed by atoms with Crippen LogP contribution < -0.4 is 15.4 Å². The van der Waals surface area contributed by atoms with Gasteiger partial charge in [0.25, 0.3) is 5.91 Å². The fourth-order valence-corrected chi connectivity index (χ4v) is 3.28. The minimum atomic E-state index is -0.761. The lowest BCUT2D eigenvalue weighted by Crippen LogP contribution is -2.44. The molecule has 0 radical (unpaired) electrons. The van der Waals surface area contributed by atoms with Crippen molar-refractivity contribution >= 4 is 17.8 Å². The maximum absolute atomic E-state index is 12.3. The Balaban J connectivity index is 1.51. The minimum absolute atomic E-state index is 0.00000128. The van der Waals surface area contributed by atoms with Gasteiger partial charge in [0.1, 0.15) is 17.9 Å². The molecular formula is C18H23N3O4.